The zero-order valence-electron chi connectivity index (χ0n) is 11.4. The Hall–Kier alpha value is -2.11. The minimum atomic E-state index is -0.862. The van der Waals surface area contributed by atoms with E-state index in [0.29, 0.717) is 10.6 Å². The molecule has 0 fully saturated rings. The summed E-state index contributed by atoms with van der Waals surface area (Å²) in [7, 11) is 1.60. The molecule has 0 aliphatic rings. The number of pyridine rings is 1. The van der Waals surface area contributed by atoms with Gasteiger partial charge in [-0.1, -0.05) is 23.7 Å². The zero-order valence-corrected chi connectivity index (χ0v) is 12.2. The summed E-state index contributed by atoms with van der Waals surface area (Å²) in [6.45, 7) is 0.0361. The number of carbonyl (C=O) groups is 1. The molecule has 6 heteroatoms. The molecule has 0 radical (unpaired) electrons. The van der Waals surface area contributed by atoms with Crippen molar-refractivity contribution in [3.63, 3.8) is 0 Å². The van der Waals surface area contributed by atoms with Crippen molar-refractivity contribution in [2.24, 2.45) is 7.05 Å². The van der Waals surface area contributed by atoms with Crippen molar-refractivity contribution in [2.75, 3.05) is 6.54 Å². The quantitative estimate of drug-likeness (QED) is 0.899. The van der Waals surface area contributed by atoms with Gasteiger partial charge in [0.2, 0.25) is 0 Å². The summed E-state index contributed by atoms with van der Waals surface area (Å²) in [6.07, 6.45) is 0.657. The van der Waals surface area contributed by atoms with Crippen molar-refractivity contribution >= 4 is 17.5 Å². The lowest BCUT2D eigenvalue weighted by Gasteiger charge is -2.12. The van der Waals surface area contributed by atoms with E-state index in [9.17, 15) is 14.7 Å². The average molecular weight is 307 g/mol. The molecule has 0 saturated heterocycles. The van der Waals surface area contributed by atoms with Gasteiger partial charge in [0.05, 0.1) is 6.10 Å². The predicted molar refractivity (Wildman–Crippen MR) is 80.4 cm³/mol. The number of carbonyl (C=O) groups excluding carboxylic acids is 1. The SMILES string of the molecule is Cn1ccc(C(=O)NCC(O)c2cccc(Cl)c2)cc1=O. The van der Waals surface area contributed by atoms with Gasteiger partial charge in [-0.2, -0.15) is 0 Å². The Morgan fingerprint density at radius 2 is 2.14 bits per heavy atom. The third-order valence-electron chi connectivity index (χ3n) is 3.06. The van der Waals surface area contributed by atoms with Gasteiger partial charge in [0.25, 0.3) is 11.5 Å². The molecule has 0 bridgehead atoms. The number of aromatic nitrogens is 1. The monoisotopic (exact) mass is 306 g/mol. The van der Waals surface area contributed by atoms with Crippen molar-refractivity contribution in [3.05, 3.63) is 69.1 Å². The van der Waals surface area contributed by atoms with Crippen LogP contribution in [0.4, 0.5) is 0 Å². The Morgan fingerprint density at radius 1 is 1.38 bits per heavy atom. The summed E-state index contributed by atoms with van der Waals surface area (Å²) in [5, 5.41) is 13.1. The summed E-state index contributed by atoms with van der Waals surface area (Å²) < 4.78 is 1.37. The highest BCUT2D eigenvalue weighted by Crippen LogP contribution is 2.17. The number of rotatable bonds is 4. The molecule has 1 amide bonds. The van der Waals surface area contributed by atoms with Crippen molar-refractivity contribution in [1.29, 1.82) is 0 Å². The van der Waals surface area contributed by atoms with Crippen LogP contribution in [-0.4, -0.2) is 22.1 Å². The van der Waals surface area contributed by atoms with Crippen LogP contribution >= 0.6 is 11.6 Å². The normalized spacial score (nSPS) is 12.0. The first-order valence-corrected chi connectivity index (χ1v) is 6.73. The Morgan fingerprint density at radius 3 is 2.81 bits per heavy atom. The molecular weight excluding hydrogens is 292 g/mol. The molecule has 2 N–H and O–H groups in total. The van der Waals surface area contributed by atoms with E-state index < -0.39 is 12.0 Å². The van der Waals surface area contributed by atoms with E-state index >= 15 is 0 Å². The third kappa shape index (κ3) is 3.93. The maximum Gasteiger partial charge on any atom is 0.251 e. The molecule has 1 aromatic carbocycles. The highest BCUT2D eigenvalue weighted by Gasteiger charge is 2.11. The average Bonchev–Trinajstić information content (AvgIpc) is 2.47. The van der Waals surface area contributed by atoms with E-state index in [1.165, 1.54) is 16.8 Å². The van der Waals surface area contributed by atoms with Crippen molar-refractivity contribution in [3.8, 4) is 0 Å². The second kappa shape index (κ2) is 6.56. The molecule has 1 atom stereocenters. The highest BCUT2D eigenvalue weighted by atomic mass is 35.5. The number of nitrogens with one attached hydrogen (secondary N) is 1. The van der Waals surface area contributed by atoms with E-state index in [1.807, 2.05) is 0 Å². The Balaban J connectivity index is 2.00. The van der Waals surface area contributed by atoms with Gasteiger partial charge in [0.1, 0.15) is 0 Å². The maximum absolute atomic E-state index is 11.9. The maximum atomic E-state index is 11.9. The van der Waals surface area contributed by atoms with Crippen LogP contribution in [0, 0.1) is 0 Å². The van der Waals surface area contributed by atoms with Gasteiger partial charge < -0.3 is 15.0 Å². The Labute approximate surface area is 126 Å². The van der Waals surface area contributed by atoms with Crippen molar-refractivity contribution in [1.82, 2.24) is 9.88 Å². The lowest BCUT2D eigenvalue weighted by molar-refractivity contribution is 0.0916. The van der Waals surface area contributed by atoms with Crippen LogP contribution in [0.25, 0.3) is 0 Å². The molecule has 0 spiro atoms. The van der Waals surface area contributed by atoms with Crippen molar-refractivity contribution < 1.29 is 9.90 Å². The number of halogens is 1. The molecule has 2 aromatic rings. The topological polar surface area (TPSA) is 71.3 Å². The van der Waals surface area contributed by atoms with Crippen molar-refractivity contribution in [2.45, 2.75) is 6.10 Å². The molecule has 2 rings (SSSR count). The van der Waals surface area contributed by atoms with E-state index in [-0.39, 0.29) is 17.7 Å². The fourth-order valence-corrected chi connectivity index (χ4v) is 2.01. The molecule has 21 heavy (non-hydrogen) atoms. The van der Waals surface area contributed by atoms with E-state index in [4.69, 9.17) is 11.6 Å². The number of amides is 1. The Bertz CT molecular complexity index is 712. The lowest BCUT2D eigenvalue weighted by Crippen LogP contribution is -2.29. The van der Waals surface area contributed by atoms with Crippen LogP contribution in [0.3, 0.4) is 0 Å². The summed E-state index contributed by atoms with van der Waals surface area (Å²) in [5.74, 6) is -0.409. The van der Waals surface area contributed by atoms with Crippen LogP contribution in [0.2, 0.25) is 5.02 Å². The van der Waals surface area contributed by atoms with Crippen LogP contribution in [0.1, 0.15) is 22.0 Å². The summed E-state index contributed by atoms with van der Waals surface area (Å²) in [6, 6.07) is 9.58. The number of hydrogen-bond donors (Lipinski definition) is 2. The minimum Gasteiger partial charge on any atom is -0.387 e. The highest BCUT2D eigenvalue weighted by molar-refractivity contribution is 6.30. The predicted octanol–water partition coefficient (Wildman–Crippen LogP) is 1.50. The zero-order chi connectivity index (χ0) is 15.4. The van der Waals surface area contributed by atoms with Crippen LogP contribution in [-0.2, 0) is 7.05 Å². The van der Waals surface area contributed by atoms with Gasteiger partial charge in [-0.05, 0) is 23.8 Å². The van der Waals surface area contributed by atoms with Crippen LogP contribution < -0.4 is 10.9 Å². The lowest BCUT2D eigenvalue weighted by atomic mass is 10.1. The minimum absolute atomic E-state index is 0.0361. The van der Waals surface area contributed by atoms with Gasteiger partial charge in [0.15, 0.2) is 0 Å². The van der Waals surface area contributed by atoms with E-state index in [0.717, 1.165) is 0 Å². The molecule has 110 valence electrons. The van der Waals surface area contributed by atoms with Gasteiger partial charge in [0, 0.05) is 36.4 Å². The number of aliphatic hydroxyl groups excluding tert-OH is 1. The fourth-order valence-electron chi connectivity index (χ4n) is 1.81. The van der Waals surface area contributed by atoms with Gasteiger partial charge in [-0.25, -0.2) is 0 Å². The Kier molecular flexibility index (Phi) is 4.77. The molecule has 0 aliphatic heterocycles. The number of hydrogen-bond acceptors (Lipinski definition) is 3. The van der Waals surface area contributed by atoms with E-state index in [1.54, 1.807) is 37.4 Å². The first kappa shape index (κ1) is 15.3. The van der Waals surface area contributed by atoms with Gasteiger partial charge in [-0.15, -0.1) is 0 Å². The summed E-state index contributed by atoms with van der Waals surface area (Å²) >= 11 is 5.84. The van der Waals surface area contributed by atoms with Gasteiger partial charge >= 0.3 is 0 Å². The fraction of sp³-hybridized carbons (Fsp3) is 0.200. The number of aryl methyl sites for hydroxylation is 1. The summed E-state index contributed by atoms with van der Waals surface area (Å²) in [5.41, 5.74) is 0.612. The molecule has 0 aliphatic carbocycles. The summed E-state index contributed by atoms with van der Waals surface area (Å²) in [4.78, 5) is 23.4. The number of nitrogens with zero attached hydrogens (tertiary/aromatic N) is 1. The molecule has 1 unspecified atom stereocenters. The number of benzene rings is 1. The second-order valence-corrected chi connectivity index (χ2v) is 5.08. The van der Waals surface area contributed by atoms with E-state index in [2.05, 4.69) is 5.32 Å². The largest absolute Gasteiger partial charge is 0.387 e. The van der Waals surface area contributed by atoms with Gasteiger partial charge in [-0.3, -0.25) is 9.59 Å². The third-order valence-corrected chi connectivity index (χ3v) is 3.29. The molecule has 1 aromatic heterocycles. The molecule has 1 heterocycles. The standard InChI is InChI=1S/C15H15ClN2O3/c1-18-6-5-11(8-14(18)20)15(21)17-9-13(19)10-3-2-4-12(16)7-10/h2-8,13,19H,9H2,1H3,(H,17,21). The second-order valence-electron chi connectivity index (χ2n) is 4.65. The first-order chi connectivity index (χ1) is 9.97. The van der Waals surface area contributed by atoms with Crippen LogP contribution in [0.5, 0.6) is 0 Å². The first-order valence-electron chi connectivity index (χ1n) is 6.36. The molecule has 0 saturated carbocycles. The molecular formula is C15H15ClN2O3. The molecule has 5 nitrogen and oxygen atoms in total. The number of aliphatic hydroxyl groups is 1. The smallest absolute Gasteiger partial charge is 0.251 e. The van der Waals surface area contributed by atoms with Crippen LogP contribution in [0.15, 0.2) is 47.4 Å².